The number of rotatable bonds is 1. The zero-order valence-corrected chi connectivity index (χ0v) is 14.4. The Balaban J connectivity index is 1.81. The Morgan fingerprint density at radius 2 is 2.14 bits per heavy atom. The molecule has 1 saturated carbocycles. The molecule has 0 unspecified atom stereocenters. The molecule has 5 heteroatoms. The van der Waals surface area contributed by atoms with E-state index in [4.69, 9.17) is 20.2 Å². The van der Waals surface area contributed by atoms with Crippen LogP contribution in [-0.4, -0.2) is 25.8 Å². The summed E-state index contributed by atoms with van der Waals surface area (Å²) in [6.07, 6.45) is 5.83. The molecule has 1 heterocycles. The van der Waals surface area contributed by atoms with Crippen molar-refractivity contribution in [3.63, 3.8) is 0 Å². The Kier molecular flexibility index (Phi) is 3.28. The first-order valence-corrected chi connectivity index (χ1v) is 8.68. The fraction of sp³-hybridized carbons (Fsp3) is 0.588. The minimum atomic E-state index is -0.311. The number of methoxy groups -OCH3 is 1. The largest absolute Gasteiger partial charge is 0.462 e. The third-order valence-corrected chi connectivity index (χ3v) is 6.37. The molecule has 1 atom stereocenters. The topological polar surface area (TPSA) is 56.8 Å². The van der Waals surface area contributed by atoms with Crippen LogP contribution in [0.3, 0.4) is 0 Å². The van der Waals surface area contributed by atoms with Crippen molar-refractivity contribution < 1.29 is 9.47 Å². The summed E-state index contributed by atoms with van der Waals surface area (Å²) in [6.45, 7) is 0.569. The average molecular weight is 365 g/mol. The van der Waals surface area contributed by atoms with Crippen LogP contribution >= 0.6 is 15.9 Å². The highest BCUT2D eigenvalue weighted by Gasteiger charge is 2.61. The SMILES string of the molecule is COC1CCC2(CC1)Cc1ccc(Br)cc1[C@]21COC(N)=N1. The van der Waals surface area contributed by atoms with Crippen LogP contribution in [0.1, 0.15) is 36.8 Å². The second kappa shape index (κ2) is 4.96. The Bertz CT molecular complexity index is 638. The molecule has 1 aromatic carbocycles. The van der Waals surface area contributed by atoms with Crippen LogP contribution < -0.4 is 5.73 Å². The number of nitrogens with two attached hydrogens (primary N) is 1. The van der Waals surface area contributed by atoms with Crippen LogP contribution in [0.25, 0.3) is 0 Å². The summed E-state index contributed by atoms with van der Waals surface area (Å²) in [5.74, 6) is 0. The second-order valence-electron chi connectivity index (χ2n) is 6.79. The molecule has 0 radical (unpaired) electrons. The lowest BCUT2D eigenvalue weighted by Crippen LogP contribution is -2.46. The first kappa shape index (κ1) is 14.5. The summed E-state index contributed by atoms with van der Waals surface area (Å²) in [6, 6.07) is 6.89. The van der Waals surface area contributed by atoms with Gasteiger partial charge in [-0.15, -0.1) is 0 Å². The minimum absolute atomic E-state index is 0.117. The zero-order valence-electron chi connectivity index (χ0n) is 12.8. The van der Waals surface area contributed by atoms with E-state index in [1.54, 1.807) is 0 Å². The molecule has 4 rings (SSSR count). The van der Waals surface area contributed by atoms with Gasteiger partial charge in [0.15, 0.2) is 0 Å². The Labute approximate surface area is 139 Å². The van der Waals surface area contributed by atoms with E-state index < -0.39 is 0 Å². The highest BCUT2D eigenvalue weighted by Crippen LogP contribution is 2.61. The van der Waals surface area contributed by atoms with Crippen molar-refractivity contribution in [1.82, 2.24) is 0 Å². The van der Waals surface area contributed by atoms with Gasteiger partial charge in [0.25, 0.3) is 6.02 Å². The molecule has 118 valence electrons. The molecular formula is C17H21BrN2O2. The number of nitrogens with zero attached hydrogens (tertiary/aromatic N) is 1. The van der Waals surface area contributed by atoms with Crippen LogP contribution in [0, 0.1) is 5.41 Å². The molecule has 0 bridgehead atoms. The van der Waals surface area contributed by atoms with E-state index >= 15 is 0 Å². The average Bonchev–Trinajstić information content (AvgIpc) is 3.03. The zero-order chi connectivity index (χ0) is 15.4. The van der Waals surface area contributed by atoms with Gasteiger partial charge in [-0.2, -0.15) is 0 Å². The molecule has 1 fully saturated rings. The Hall–Kier alpha value is -1.07. The summed E-state index contributed by atoms with van der Waals surface area (Å²) in [5, 5.41) is 0. The number of hydrogen-bond donors (Lipinski definition) is 1. The number of aliphatic imine (C=N–C) groups is 1. The molecule has 3 aliphatic rings. The van der Waals surface area contributed by atoms with E-state index in [0.29, 0.717) is 18.7 Å². The fourth-order valence-electron chi connectivity index (χ4n) is 4.69. The maximum absolute atomic E-state index is 5.92. The Morgan fingerprint density at radius 1 is 1.36 bits per heavy atom. The minimum Gasteiger partial charge on any atom is -0.462 e. The number of hydrogen-bond acceptors (Lipinski definition) is 4. The van der Waals surface area contributed by atoms with Gasteiger partial charge in [-0.05, 0) is 55.4 Å². The van der Waals surface area contributed by atoms with Crippen molar-refractivity contribution in [2.75, 3.05) is 13.7 Å². The molecule has 0 amide bonds. The number of ether oxygens (including phenoxy) is 2. The molecule has 22 heavy (non-hydrogen) atoms. The third-order valence-electron chi connectivity index (χ3n) is 5.88. The van der Waals surface area contributed by atoms with Crippen molar-refractivity contribution >= 4 is 22.0 Å². The van der Waals surface area contributed by atoms with Gasteiger partial charge in [0, 0.05) is 17.0 Å². The fourth-order valence-corrected chi connectivity index (χ4v) is 5.06. The molecule has 4 nitrogen and oxygen atoms in total. The third kappa shape index (κ3) is 1.88. The lowest BCUT2D eigenvalue weighted by atomic mass is 9.62. The van der Waals surface area contributed by atoms with Crippen molar-refractivity contribution in [2.24, 2.45) is 16.1 Å². The summed E-state index contributed by atoms with van der Waals surface area (Å²) in [7, 11) is 1.81. The normalized spacial score (nSPS) is 36.5. The van der Waals surface area contributed by atoms with Gasteiger partial charge >= 0.3 is 0 Å². The summed E-state index contributed by atoms with van der Waals surface area (Å²) < 4.78 is 12.3. The quantitative estimate of drug-likeness (QED) is 0.832. The van der Waals surface area contributed by atoms with Crippen molar-refractivity contribution in [1.29, 1.82) is 0 Å². The van der Waals surface area contributed by atoms with Gasteiger partial charge in [-0.25, -0.2) is 4.99 Å². The van der Waals surface area contributed by atoms with Crippen LogP contribution in [0.5, 0.6) is 0 Å². The maximum atomic E-state index is 5.92. The standard InChI is InChI=1S/C17H21BrN2O2/c1-21-13-4-6-16(7-5-13)9-11-2-3-12(18)8-14(11)17(16)10-22-15(19)20-17/h2-3,8,13H,4-7,9-10H2,1H3,(H2,19,20)/t13?,16?,17-/m1/s1. The highest BCUT2D eigenvalue weighted by atomic mass is 79.9. The molecule has 2 N–H and O–H groups in total. The van der Waals surface area contributed by atoms with Gasteiger partial charge in [0.1, 0.15) is 12.1 Å². The number of halogens is 1. The molecule has 0 saturated heterocycles. The summed E-state index contributed by atoms with van der Waals surface area (Å²) in [4.78, 5) is 4.84. The van der Waals surface area contributed by atoms with E-state index in [2.05, 4.69) is 34.1 Å². The Morgan fingerprint density at radius 3 is 2.77 bits per heavy atom. The first-order chi connectivity index (χ1) is 10.6. The van der Waals surface area contributed by atoms with Crippen LogP contribution in [-0.2, 0) is 21.4 Å². The van der Waals surface area contributed by atoms with E-state index in [1.165, 1.54) is 11.1 Å². The number of fused-ring (bicyclic) bond motifs is 3. The van der Waals surface area contributed by atoms with Crippen LogP contribution in [0.4, 0.5) is 0 Å². The lowest BCUT2D eigenvalue weighted by molar-refractivity contribution is -0.00984. The van der Waals surface area contributed by atoms with Gasteiger partial charge in [-0.3, -0.25) is 0 Å². The lowest BCUT2D eigenvalue weighted by Gasteiger charge is -2.45. The predicted molar refractivity (Wildman–Crippen MR) is 88.8 cm³/mol. The summed E-state index contributed by atoms with van der Waals surface area (Å²) in [5.41, 5.74) is 8.41. The van der Waals surface area contributed by atoms with Crippen molar-refractivity contribution in [2.45, 2.75) is 43.7 Å². The van der Waals surface area contributed by atoms with Gasteiger partial charge in [0.2, 0.25) is 0 Å². The molecular weight excluding hydrogens is 344 g/mol. The first-order valence-electron chi connectivity index (χ1n) is 7.88. The molecule has 1 aromatic rings. The van der Waals surface area contributed by atoms with Crippen molar-refractivity contribution in [3.05, 3.63) is 33.8 Å². The van der Waals surface area contributed by atoms with Crippen LogP contribution in [0.2, 0.25) is 0 Å². The summed E-state index contributed by atoms with van der Waals surface area (Å²) >= 11 is 3.60. The van der Waals surface area contributed by atoms with Gasteiger partial charge < -0.3 is 15.2 Å². The maximum Gasteiger partial charge on any atom is 0.283 e. The number of amidine groups is 1. The van der Waals surface area contributed by atoms with E-state index in [1.807, 2.05) is 7.11 Å². The smallest absolute Gasteiger partial charge is 0.283 e. The van der Waals surface area contributed by atoms with E-state index in [-0.39, 0.29) is 11.0 Å². The van der Waals surface area contributed by atoms with Gasteiger partial charge in [0.05, 0.1) is 6.10 Å². The van der Waals surface area contributed by atoms with Gasteiger partial charge in [-0.1, -0.05) is 22.0 Å². The highest BCUT2D eigenvalue weighted by molar-refractivity contribution is 9.10. The van der Waals surface area contributed by atoms with E-state index in [9.17, 15) is 0 Å². The molecule has 2 spiro atoms. The number of benzene rings is 1. The van der Waals surface area contributed by atoms with E-state index in [0.717, 1.165) is 36.6 Å². The monoisotopic (exact) mass is 364 g/mol. The van der Waals surface area contributed by atoms with Crippen LogP contribution in [0.15, 0.2) is 27.7 Å². The molecule has 2 aliphatic carbocycles. The molecule has 0 aromatic heterocycles. The second-order valence-corrected chi connectivity index (χ2v) is 7.71. The molecule has 1 aliphatic heterocycles. The predicted octanol–water partition coefficient (Wildman–Crippen LogP) is 3.12. The van der Waals surface area contributed by atoms with Crippen molar-refractivity contribution in [3.8, 4) is 0 Å².